The van der Waals surface area contributed by atoms with Gasteiger partial charge in [-0.05, 0) is 92.2 Å². The van der Waals surface area contributed by atoms with Gasteiger partial charge in [0.05, 0.1) is 13.6 Å². The van der Waals surface area contributed by atoms with Crippen molar-refractivity contribution >= 4 is 5.97 Å². The molecule has 8 heteroatoms. The molecule has 5 aliphatic rings. The van der Waals surface area contributed by atoms with E-state index in [1.54, 1.807) is 0 Å². The number of hydrogen-bond acceptors (Lipinski definition) is 7. The molecule has 1 heterocycles. The van der Waals surface area contributed by atoms with Crippen LogP contribution in [0.1, 0.15) is 78.4 Å². The van der Waals surface area contributed by atoms with Gasteiger partial charge in [-0.25, -0.2) is 4.79 Å². The van der Waals surface area contributed by atoms with Crippen LogP contribution in [0.4, 0.5) is 0 Å². The fourth-order valence-corrected chi connectivity index (χ4v) is 7.94. The molecule has 13 atom stereocenters. The molecule has 188 valence electrons. The number of aliphatic carboxylic acids is 1. The first-order chi connectivity index (χ1) is 17.4. The maximum Gasteiger partial charge on any atom is 0.335 e. The Morgan fingerprint density at radius 1 is 0.970 bits per heavy atom. The van der Waals surface area contributed by atoms with E-state index in [9.17, 15) is 30.3 Å². The molecule has 4 saturated carbocycles. The quantitative estimate of drug-likeness (QED) is 0.418. The molecule has 4 aliphatic carbocycles. The topological polar surface area (TPSA) is 137 Å². The van der Waals surface area contributed by atoms with Crippen LogP contribution < -0.4 is 0 Å². The Morgan fingerprint density at radius 2 is 1.70 bits per heavy atom. The summed E-state index contributed by atoms with van der Waals surface area (Å²) in [5.41, 5.74) is -1.10. The van der Waals surface area contributed by atoms with E-state index in [2.05, 4.69) is 6.92 Å². The Labute approximate surface area is 202 Å². The third-order valence-electron chi connectivity index (χ3n) is 9.84. The zero-order chi connectivity index (χ0) is 28.2. The van der Waals surface area contributed by atoms with Gasteiger partial charge in [0.1, 0.15) is 18.3 Å². The molecule has 33 heavy (non-hydrogen) atoms. The summed E-state index contributed by atoms with van der Waals surface area (Å²) in [5.74, 6) is -1.80. The van der Waals surface area contributed by atoms with E-state index in [0.717, 1.165) is 6.42 Å². The van der Waals surface area contributed by atoms with Crippen molar-refractivity contribution in [3.05, 3.63) is 0 Å². The summed E-state index contributed by atoms with van der Waals surface area (Å²) in [6.07, 6.45) is -12.6. The van der Waals surface area contributed by atoms with Crippen LogP contribution in [0.15, 0.2) is 0 Å². The third-order valence-corrected chi connectivity index (χ3v) is 9.84. The molecule has 0 aromatic rings. The van der Waals surface area contributed by atoms with E-state index in [0.29, 0.717) is 32.1 Å². The van der Waals surface area contributed by atoms with E-state index in [1.165, 1.54) is 0 Å². The zero-order valence-electron chi connectivity index (χ0n) is 24.2. The molecule has 0 unspecified atom stereocenters. The second kappa shape index (κ2) is 8.42. The van der Waals surface area contributed by atoms with Crippen molar-refractivity contribution in [2.75, 3.05) is 0 Å². The minimum absolute atomic E-state index is 0.00389. The van der Waals surface area contributed by atoms with Crippen LogP contribution in [0.5, 0.6) is 0 Å². The van der Waals surface area contributed by atoms with Gasteiger partial charge >= 0.3 is 5.97 Å². The Bertz CT molecular complexity index is 966. The van der Waals surface area contributed by atoms with Crippen LogP contribution in [-0.2, 0) is 14.3 Å². The van der Waals surface area contributed by atoms with E-state index in [-0.39, 0.29) is 29.6 Å². The predicted octanol–water partition coefficient (Wildman–Crippen LogP) is 1.67. The summed E-state index contributed by atoms with van der Waals surface area (Å²) in [4.78, 5) is 11.5. The Kier molecular flexibility index (Phi) is 4.72. The van der Waals surface area contributed by atoms with Crippen molar-refractivity contribution in [1.29, 1.82) is 0 Å². The van der Waals surface area contributed by atoms with Crippen molar-refractivity contribution < 1.29 is 46.7 Å². The number of hydrogen-bond donors (Lipinski definition) is 5. The van der Waals surface area contributed by atoms with Gasteiger partial charge in [-0.1, -0.05) is 13.8 Å². The molecule has 1 saturated heterocycles. The van der Waals surface area contributed by atoms with Crippen LogP contribution >= 0.6 is 0 Å². The number of carbonyl (C=O) groups is 1. The first-order valence-corrected chi connectivity index (χ1v) is 12.2. The van der Waals surface area contributed by atoms with Crippen LogP contribution in [0.3, 0.4) is 0 Å². The molecule has 0 aromatic carbocycles. The molecule has 0 radical (unpaired) electrons. The minimum Gasteiger partial charge on any atom is -0.479 e. The summed E-state index contributed by atoms with van der Waals surface area (Å²) >= 11 is 0. The number of aliphatic hydroxyl groups excluding tert-OH is 3. The second-order valence-electron chi connectivity index (χ2n) is 11.3. The first kappa shape index (κ1) is 18.5. The SMILES string of the molecule is [2H]C1([2H])C[C@]2(C)[C@H]3CC[C@]4(C)[C@@H](O[C@@H]5O[C@H](C(=O)O)[C@@H](O)[C@H](O)[C@H]5O)CC[C@H]4[C@@H]3CC[C@H]2C([2H])([2H])[C@]1([2H])O. The number of carboxylic acid groups (broad SMARTS) is 1. The van der Waals surface area contributed by atoms with Gasteiger partial charge in [-0.3, -0.25) is 0 Å². The van der Waals surface area contributed by atoms with Crippen molar-refractivity contribution in [3.8, 4) is 0 Å². The minimum atomic E-state index is -2.83. The number of fused-ring (bicyclic) bond motifs is 5. The van der Waals surface area contributed by atoms with Crippen molar-refractivity contribution in [3.63, 3.8) is 0 Å². The molecule has 1 aliphatic heterocycles. The van der Waals surface area contributed by atoms with Gasteiger partial charge in [0.25, 0.3) is 0 Å². The average molecular weight is 474 g/mol. The van der Waals surface area contributed by atoms with E-state index >= 15 is 0 Å². The Balaban J connectivity index is 1.37. The maximum atomic E-state index is 11.5. The van der Waals surface area contributed by atoms with Gasteiger partial charge in [-0.2, -0.15) is 0 Å². The molecule has 8 nitrogen and oxygen atoms in total. The van der Waals surface area contributed by atoms with Gasteiger partial charge in [0, 0.05) is 5.48 Å². The zero-order valence-corrected chi connectivity index (χ0v) is 19.2. The number of ether oxygens (including phenoxy) is 2. The highest BCUT2D eigenvalue weighted by atomic mass is 16.7. The van der Waals surface area contributed by atoms with Crippen molar-refractivity contribution in [2.24, 2.45) is 34.5 Å². The summed E-state index contributed by atoms with van der Waals surface area (Å²) < 4.78 is 54.0. The summed E-state index contributed by atoms with van der Waals surface area (Å²) in [7, 11) is 0. The normalized spacial score (nSPS) is 64.0. The average Bonchev–Trinajstić information content (AvgIpc) is 3.14. The molecule has 5 fully saturated rings. The highest BCUT2D eigenvalue weighted by Gasteiger charge is 2.61. The largest absolute Gasteiger partial charge is 0.479 e. The summed E-state index contributed by atoms with van der Waals surface area (Å²) in [6, 6.07) is 0. The van der Waals surface area contributed by atoms with E-state index in [4.69, 9.17) is 16.3 Å². The fraction of sp³-hybridized carbons (Fsp3) is 0.960. The lowest BCUT2D eigenvalue weighted by atomic mass is 9.45. The lowest BCUT2D eigenvalue weighted by Gasteiger charge is -2.61. The molecule has 0 spiro atoms. The number of rotatable bonds is 3. The van der Waals surface area contributed by atoms with Crippen LogP contribution in [0.2, 0.25) is 0 Å². The maximum absolute atomic E-state index is 11.5. The Morgan fingerprint density at radius 3 is 2.42 bits per heavy atom. The molecular formula is C25H40O8. The van der Waals surface area contributed by atoms with Gasteiger partial charge in [0.15, 0.2) is 12.4 Å². The summed E-state index contributed by atoms with van der Waals surface area (Å²) in [5, 5.41) is 50.7. The van der Waals surface area contributed by atoms with Crippen LogP contribution in [0.25, 0.3) is 0 Å². The third kappa shape index (κ3) is 3.67. The lowest BCUT2D eigenvalue weighted by Crippen LogP contribution is -2.61. The van der Waals surface area contributed by atoms with E-state index < -0.39 is 72.9 Å². The first-order valence-electron chi connectivity index (χ1n) is 14.7. The van der Waals surface area contributed by atoms with Gasteiger partial charge in [0.2, 0.25) is 0 Å². The number of aliphatic hydroxyl groups is 4. The lowest BCUT2D eigenvalue weighted by molar-refractivity contribution is -0.313. The van der Waals surface area contributed by atoms with E-state index in [1.807, 2.05) is 6.92 Å². The molecule has 0 bridgehead atoms. The van der Waals surface area contributed by atoms with Crippen LogP contribution in [0, 0.1) is 34.5 Å². The monoisotopic (exact) mass is 473 g/mol. The van der Waals surface area contributed by atoms with Gasteiger partial charge < -0.3 is 35.0 Å². The van der Waals surface area contributed by atoms with Crippen molar-refractivity contribution in [1.82, 2.24) is 0 Å². The predicted molar refractivity (Wildman–Crippen MR) is 117 cm³/mol. The highest BCUT2D eigenvalue weighted by molar-refractivity contribution is 5.73. The fourth-order valence-electron chi connectivity index (χ4n) is 7.94. The molecule has 0 amide bonds. The molecular weight excluding hydrogens is 428 g/mol. The van der Waals surface area contributed by atoms with Crippen LogP contribution in [-0.4, -0.2) is 74.4 Å². The second-order valence-corrected chi connectivity index (χ2v) is 11.3. The standard InChI is InChI=1S/C25H40O8/c1-24-9-7-13(26)11-12(24)3-4-14-15-5-6-17(25(15,2)10-8-16(14)24)32-23-20(29)18(27)19(28)21(33-23)22(30)31/h12-21,23,26-29H,3-11H2,1-2H3,(H,30,31)/t12-,13+,14-,15-,16-,17-,18-,19-,20+,21-,23+,24-,25-/m0/s1/i7D2,11D2,13D. The molecule has 5 N–H and O–H groups in total. The van der Waals surface area contributed by atoms with Crippen molar-refractivity contribution in [2.45, 2.75) is 114 Å². The smallest absolute Gasteiger partial charge is 0.335 e. The highest BCUT2D eigenvalue weighted by Crippen LogP contribution is 2.66. The molecule has 0 aromatic heterocycles. The van der Waals surface area contributed by atoms with Gasteiger partial charge in [-0.15, -0.1) is 0 Å². The molecule has 5 rings (SSSR count). The Hall–Kier alpha value is -0.770. The number of carboxylic acids is 1. The summed E-state index contributed by atoms with van der Waals surface area (Å²) in [6.45, 7) is 4.02.